The Labute approximate surface area is 106 Å². The first kappa shape index (κ1) is 13.0. The van der Waals surface area contributed by atoms with Crippen molar-refractivity contribution in [2.75, 3.05) is 13.1 Å². The molecule has 5 nitrogen and oxygen atoms in total. The summed E-state index contributed by atoms with van der Waals surface area (Å²) in [5.41, 5.74) is 1.28. The molecule has 1 aromatic carbocycles. The van der Waals surface area contributed by atoms with Gasteiger partial charge in [0, 0.05) is 31.3 Å². The number of nitro benzene ring substituents is 1. The van der Waals surface area contributed by atoms with E-state index in [2.05, 4.69) is 4.90 Å². The molecule has 0 saturated carbocycles. The number of rotatable bonds is 4. The first-order valence-electron chi connectivity index (χ1n) is 6.13. The van der Waals surface area contributed by atoms with Gasteiger partial charge in [0.2, 0.25) is 0 Å². The van der Waals surface area contributed by atoms with E-state index in [1.54, 1.807) is 13.0 Å². The Morgan fingerprint density at radius 1 is 1.50 bits per heavy atom. The van der Waals surface area contributed by atoms with E-state index in [1.807, 2.05) is 13.0 Å². The molecular weight excluding hydrogens is 232 g/mol. The second kappa shape index (κ2) is 4.66. The summed E-state index contributed by atoms with van der Waals surface area (Å²) in [6, 6.07) is 5.15. The number of hydrogen-bond acceptors (Lipinski definition) is 4. The van der Waals surface area contributed by atoms with Crippen molar-refractivity contribution in [3.63, 3.8) is 0 Å². The van der Waals surface area contributed by atoms with Crippen LogP contribution in [0.3, 0.4) is 0 Å². The van der Waals surface area contributed by atoms with Crippen LogP contribution in [0.5, 0.6) is 0 Å². The maximum absolute atomic E-state index is 10.8. The van der Waals surface area contributed by atoms with Crippen LogP contribution in [0, 0.1) is 17.0 Å². The Kier molecular flexibility index (Phi) is 3.36. The van der Waals surface area contributed by atoms with E-state index in [1.165, 1.54) is 6.07 Å². The minimum atomic E-state index is -0.561. The zero-order chi connectivity index (χ0) is 13.3. The minimum Gasteiger partial charge on any atom is -0.387 e. The van der Waals surface area contributed by atoms with Crippen molar-refractivity contribution >= 4 is 5.69 Å². The van der Waals surface area contributed by atoms with Crippen LogP contribution in [-0.2, 0) is 6.54 Å². The molecule has 2 rings (SSSR count). The molecule has 98 valence electrons. The van der Waals surface area contributed by atoms with Gasteiger partial charge in [-0.15, -0.1) is 0 Å². The zero-order valence-corrected chi connectivity index (χ0v) is 10.7. The molecule has 0 aromatic heterocycles. The first-order chi connectivity index (χ1) is 8.45. The van der Waals surface area contributed by atoms with E-state index in [-0.39, 0.29) is 10.6 Å². The first-order valence-corrected chi connectivity index (χ1v) is 6.13. The second-order valence-corrected chi connectivity index (χ2v) is 5.04. The van der Waals surface area contributed by atoms with Crippen LogP contribution >= 0.6 is 0 Å². The van der Waals surface area contributed by atoms with E-state index in [4.69, 9.17) is 0 Å². The lowest BCUT2D eigenvalue weighted by Gasteiger charge is -2.46. The van der Waals surface area contributed by atoms with E-state index in [0.29, 0.717) is 19.6 Å². The van der Waals surface area contributed by atoms with Crippen molar-refractivity contribution in [2.24, 2.45) is 0 Å². The highest BCUT2D eigenvalue weighted by atomic mass is 16.6. The predicted molar refractivity (Wildman–Crippen MR) is 68.4 cm³/mol. The van der Waals surface area contributed by atoms with Crippen molar-refractivity contribution in [3.05, 3.63) is 39.4 Å². The lowest BCUT2D eigenvalue weighted by molar-refractivity contribution is -0.385. The summed E-state index contributed by atoms with van der Waals surface area (Å²) >= 11 is 0. The van der Waals surface area contributed by atoms with Crippen molar-refractivity contribution in [1.82, 2.24) is 4.90 Å². The summed E-state index contributed by atoms with van der Waals surface area (Å²) in [7, 11) is 0. The van der Waals surface area contributed by atoms with Crippen LogP contribution in [0.15, 0.2) is 18.2 Å². The molecule has 0 spiro atoms. The molecule has 0 unspecified atom stereocenters. The third-order valence-electron chi connectivity index (χ3n) is 3.70. The minimum absolute atomic E-state index is 0.166. The van der Waals surface area contributed by atoms with Crippen LogP contribution < -0.4 is 0 Å². The molecule has 0 aliphatic carbocycles. The quantitative estimate of drug-likeness (QED) is 0.654. The van der Waals surface area contributed by atoms with Gasteiger partial charge in [0.05, 0.1) is 10.5 Å². The molecule has 1 aliphatic heterocycles. The third-order valence-corrected chi connectivity index (χ3v) is 3.70. The van der Waals surface area contributed by atoms with Crippen molar-refractivity contribution in [1.29, 1.82) is 0 Å². The lowest BCUT2D eigenvalue weighted by Crippen LogP contribution is -2.60. The molecule has 1 N–H and O–H groups in total. The topological polar surface area (TPSA) is 66.6 Å². The smallest absolute Gasteiger partial charge is 0.272 e. The standard InChI is InChI=1S/C13H18N2O3/c1-3-13(16)8-14(9-13)7-11-5-4-6-12(10(11)2)15(17)18/h4-6,16H,3,7-9H2,1-2H3. The highest BCUT2D eigenvalue weighted by Crippen LogP contribution is 2.28. The zero-order valence-electron chi connectivity index (χ0n) is 10.7. The number of hydrogen-bond donors (Lipinski definition) is 1. The summed E-state index contributed by atoms with van der Waals surface area (Å²) in [5, 5.41) is 20.8. The average Bonchev–Trinajstić information content (AvgIpc) is 2.29. The Balaban J connectivity index is 2.08. The van der Waals surface area contributed by atoms with Crippen LogP contribution in [0.1, 0.15) is 24.5 Å². The van der Waals surface area contributed by atoms with Gasteiger partial charge in [0.25, 0.3) is 5.69 Å². The Morgan fingerprint density at radius 2 is 2.17 bits per heavy atom. The Bertz CT molecular complexity index is 467. The van der Waals surface area contributed by atoms with Crippen LogP contribution in [-0.4, -0.2) is 33.6 Å². The third kappa shape index (κ3) is 2.37. The van der Waals surface area contributed by atoms with Gasteiger partial charge in [-0.25, -0.2) is 0 Å². The van der Waals surface area contributed by atoms with Gasteiger partial charge in [-0.2, -0.15) is 0 Å². The molecular formula is C13H18N2O3. The second-order valence-electron chi connectivity index (χ2n) is 5.04. The van der Waals surface area contributed by atoms with Gasteiger partial charge in [-0.3, -0.25) is 15.0 Å². The summed E-state index contributed by atoms with van der Waals surface area (Å²) in [6.45, 7) is 5.70. The number of aliphatic hydroxyl groups is 1. The van der Waals surface area contributed by atoms with E-state index in [9.17, 15) is 15.2 Å². The van der Waals surface area contributed by atoms with Gasteiger partial charge in [-0.05, 0) is 18.9 Å². The summed E-state index contributed by atoms with van der Waals surface area (Å²) < 4.78 is 0. The fourth-order valence-corrected chi connectivity index (χ4v) is 2.40. The predicted octanol–water partition coefficient (Wildman–Crippen LogP) is 1.86. The SMILES string of the molecule is CCC1(O)CN(Cc2cccc([N+](=O)[O-])c2C)C1. The number of benzene rings is 1. The highest BCUT2D eigenvalue weighted by molar-refractivity contribution is 5.44. The summed E-state index contributed by atoms with van der Waals surface area (Å²) in [6.07, 6.45) is 0.747. The maximum Gasteiger partial charge on any atom is 0.272 e. The molecule has 1 aromatic rings. The van der Waals surface area contributed by atoms with Gasteiger partial charge in [0.1, 0.15) is 0 Å². The average molecular weight is 250 g/mol. The molecule has 5 heteroatoms. The lowest BCUT2D eigenvalue weighted by atomic mass is 9.90. The number of nitro groups is 1. The molecule has 0 bridgehead atoms. The molecule has 18 heavy (non-hydrogen) atoms. The molecule has 0 amide bonds. The van der Waals surface area contributed by atoms with E-state index >= 15 is 0 Å². The van der Waals surface area contributed by atoms with Gasteiger partial charge in [-0.1, -0.05) is 19.1 Å². The van der Waals surface area contributed by atoms with Gasteiger partial charge in [0.15, 0.2) is 0 Å². The van der Waals surface area contributed by atoms with Crippen LogP contribution in [0.2, 0.25) is 0 Å². The van der Waals surface area contributed by atoms with Gasteiger partial charge >= 0.3 is 0 Å². The number of likely N-dealkylation sites (tertiary alicyclic amines) is 1. The normalized spacial score (nSPS) is 18.4. The van der Waals surface area contributed by atoms with E-state index < -0.39 is 5.60 Å². The fourth-order valence-electron chi connectivity index (χ4n) is 2.40. The largest absolute Gasteiger partial charge is 0.387 e. The Morgan fingerprint density at radius 3 is 2.72 bits per heavy atom. The van der Waals surface area contributed by atoms with Crippen LogP contribution in [0.25, 0.3) is 0 Å². The Hall–Kier alpha value is -1.46. The summed E-state index contributed by atoms with van der Waals surface area (Å²) in [5.74, 6) is 0. The molecule has 1 fully saturated rings. The molecule has 0 radical (unpaired) electrons. The van der Waals surface area contributed by atoms with Crippen molar-refractivity contribution in [3.8, 4) is 0 Å². The summed E-state index contributed by atoms with van der Waals surface area (Å²) in [4.78, 5) is 12.6. The molecule has 0 atom stereocenters. The fraction of sp³-hybridized carbons (Fsp3) is 0.538. The van der Waals surface area contributed by atoms with E-state index in [0.717, 1.165) is 17.5 Å². The molecule has 1 aliphatic rings. The molecule has 1 saturated heterocycles. The highest BCUT2D eigenvalue weighted by Gasteiger charge is 2.39. The maximum atomic E-state index is 10.8. The van der Waals surface area contributed by atoms with Crippen LogP contribution in [0.4, 0.5) is 5.69 Å². The number of β-amino-alcohol motifs (C(OH)–C–C–N with tert-alkyl or cyclic N) is 1. The van der Waals surface area contributed by atoms with Gasteiger partial charge < -0.3 is 5.11 Å². The van der Waals surface area contributed by atoms with Crippen molar-refractivity contribution in [2.45, 2.75) is 32.4 Å². The number of nitrogens with zero attached hydrogens (tertiary/aromatic N) is 2. The monoisotopic (exact) mass is 250 g/mol. The molecule has 1 heterocycles. The van der Waals surface area contributed by atoms with Crippen molar-refractivity contribution < 1.29 is 10.0 Å².